The van der Waals surface area contributed by atoms with E-state index in [9.17, 15) is 10.1 Å². The summed E-state index contributed by atoms with van der Waals surface area (Å²) in [5.74, 6) is 0.813. The van der Waals surface area contributed by atoms with Crippen LogP contribution in [0.1, 0.15) is 15.9 Å². The van der Waals surface area contributed by atoms with Crippen LogP contribution in [0.4, 0.5) is 5.88 Å². The minimum absolute atomic E-state index is 0.0817. The molecular formula is C19H13ClN2O3. The van der Waals surface area contributed by atoms with Gasteiger partial charge in [0.1, 0.15) is 23.1 Å². The van der Waals surface area contributed by atoms with Crippen molar-refractivity contribution in [3.63, 3.8) is 0 Å². The number of hydrogen-bond donors (Lipinski definition) is 1. The number of amides is 1. The Labute approximate surface area is 149 Å². The van der Waals surface area contributed by atoms with Crippen molar-refractivity contribution >= 4 is 23.4 Å². The van der Waals surface area contributed by atoms with Crippen LogP contribution in [0.25, 0.3) is 11.3 Å². The van der Waals surface area contributed by atoms with Crippen molar-refractivity contribution in [2.45, 2.75) is 0 Å². The van der Waals surface area contributed by atoms with Gasteiger partial charge < -0.3 is 9.15 Å². The van der Waals surface area contributed by atoms with E-state index in [0.29, 0.717) is 22.1 Å². The SMILES string of the molecule is COc1ccc(-c2cc(C#N)c(NC(=O)c3ccccc3Cl)o2)cc1. The first-order valence-electron chi connectivity index (χ1n) is 7.36. The predicted octanol–water partition coefficient (Wildman–Crippen LogP) is 4.73. The first-order chi connectivity index (χ1) is 12.1. The van der Waals surface area contributed by atoms with Gasteiger partial charge >= 0.3 is 0 Å². The second-order valence-electron chi connectivity index (χ2n) is 5.13. The largest absolute Gasteiger partial charge is 0.497 e. The van der Waals surface area contributed by atoms with Crippen molar-refractivity contribution in [3.8, 4) is 23.1 Å². The average molecular weight is 353 g/mol. The lowest BCUT2D eigenvalue weighted by Gasteiger charge is -2.04. The molecule has 0 saturated heterocycles. The van der Waals surface area contributed by atoms with E-state index in [1.807, 2.05) is 6.07 Å². The Bertz CT molecular complexity index is 956. The minimum atomic E-state index is -0.447. The number of furan rings is 1. The molecule has 1 amide bonds. The van der Waals surface area contributed by atoms with Crippen molar-refractivity contribution in [2.24, 2.45) is 0 Å². The summed E-state index contributed by atoms with van der Waals surface area (Å²) in [6, 6.07) is 17.4. The Hall–Kier alpha value is -3.23. The lowest BCUT2D eigenvalue weighted by Crippen LogP contribution is -2.12. The third kappa shape index (κ3) is 3.49. The molecule has 0 fully saturated rings. The number of nitrogens with one attached hydrogen (secondary N) is 1. The summed E-state index contributed by atoms with van der Waals surface area (Å²) in [7, 11) is 1.58. The van der Waals surface area contributed by atoms with Gasteiger partial charge in [-0.1, -0.05) is 23.7 Å². The number of hydrogen-bond acceptors (Lipinski definition) is 4. The fourth-order valence-corrected chi connectivity index (χ4v) is 2.50. The summed E-state index contributed by atoms with van der Waals surface area (Å²) in [6.45, 7) is 0. The fourth-order valence-electron chi connectivity index (χ4n) is 2.28. The highest BCUT2D eigenvalue weighted by molar-refractivity contribution is 6.34. The summed E-state index contributed by atoms with van der Waals surface area (Å²) < 4.78 is 10.8. The topological polar surface area (TPSA) is 75.3 Å². The summed E-state index contributed by atoms with van der Waals surface area (Å²) >= 11 is 6.02. The molecule has 0 aliphatic carbocycles. The number of ether oxygens (including phenoxy) is 1. The van der Waals surface area contributed by atoms with Crippen LogP contribution in [0.3, 0.4) is 0 Å². The molecule has 124 valence electrons. The molecule has 3 rings (SSSR count). The number of benzene rings is 2. The molecule has 1 N–H and O–H groups in total. The second-order valence-corrected chi connectivity index (χ2v) is 5.53. The maximum absolute atomic E-state index is 12.4. The van der Waals surface area contributed by atoms with Crippen LogP contribution in [-0.2, 0) is 0 Å². The highest BCUT2D eigenvalue weighted by Crippen LogP contribution is 2.30. The zero-order chi connectivity index (χ0) is 17.8. The highest BCUT2D eigenvalue weighted by Gasteiger charge is 2.17. The molecule has 5 nitrogen and oxygen atoms in total. The molecule has 0 aliphatic heterocycles. The van der Waals surface area contributed by atoms with E-state index >= 15 is 0 Å². The molecule has 1 aromatic heterocycles. The zero-order valence-electron chi connectivity index (χ0n) is 13.2. The quantitative estimate of drug-likeness (QED) is 0.736. The summed E-state index contributed by atoms with van der Waals surface area (Å²) in [5.41, 5.74) is 1.29. The molecular weight excluding hydrogens is 340 g/mol. The van der Waals surface area contributed by atoms with Gasteiger partial charge in [-0.2, -0.15) is 5.26 Å². The van der Waals surface area contributed by atoms with Crippen molar-refractivity contribution in [1.82, 2.24) is 0 Å². The van der Waals surface area contributed by atoms with Gasteiger partial charge in [-0.15, -0.1) is 0 Å². The maximum Gasteiger partial charge on any atom is 0.259 e. The molecule has 0 spiro atoms. The highest BCUT2D eigenvalue weighted by atomic mass is 35.5. The Balaban J connectivity index is 1.89. The Morgan fingerprint density at radius 3 is 2.56 bits per heavy atom. The van der Waals surface area contributed by atoms with Crippen LogP contribution in [-0.4, -0.2) is 13.0 Å². The van der Waals surface area contributed by atoms with Gasteiger partial charge in [0.2, 0.25) is 5.88 Å². The molecule has 0 bridgehead atoms. The number of nitrogens with zero attached hydrogens (tertiary/aromatic N) is 1. The van der Waals surface area contributed by atoms with Gasteiger partial charge in [-0.05, 0) is 36.4 Å². The van der Waals surface area contributed by atoms with Gasteiger partial charge in [0, 0.05) is 11.6 Å². The predicted molar refractivity (Wildman–Crippen MR) is 94.8 cm³/mol. The fraction of sp³-hybridized carbons (Fsp3) is 0.0526. The summed E-state index contributed by atoms with van der Waals surface area (Å²) in [4.78, 5) is 12.4. The first-order valence-corrected chi connectivity index (χ1v) is 7.74. The molecule has 0 unspecified atom stereocenters. The van der Waals surface area contributed by atoms with Crippen LogP contribution in [0.15, 0.2) is 59.0 Å². The van der Waals surface area contributed by atoms with Crippen molar-refractivity contribution < 1.29 is 13.9 Å². The van der Waals surface area contributed by atoms with Crippen LogP contribution < -0.4 is 10.1 Å². The normalized spacial score (nSPS) is 10.1. The van der Waals surface area contributed by atoms with E-state index in [-0.39, 0.29) is 11.4 Å². The third-order valence-electron chi connectivity index (χ3n) is 3.57. The van der Waals surface area contributed by atoms with E-state index in [1.54, 1.807) is 61.7 Å². The van der Waals surface area contributed by atoms with E-state index < -0.39 is 5.91 Å². The molecule has 1 heterocycles. The molecule has 3 aromatic rings. The molecule has 0 saturated carbocycles. The smallest absolute Gasteiger partial charge is 0.259 e. The first kappa shape index (κ1) is 16.6. The van der Waals surface area contributed by atoms with Gasteiger partial charge in [0.25, 0.3) is 5.91 Å². The van der Waals surface area contributed by atoms with Gasteiger partial charge in [-0.3, -0.25) is 10.1 Å². The third-order valence-corrected chi connectivity index (χ3v) is 3.90. The Morgan fingerprint density at radius 1 is 1.20 bits per heavy atom. The molecule has 0 radical (unpaired) electrons. The lowest BCUT2D eigenvalue weighted by atomic mass is 10.1. The number of methoxy groups -OCH3 is 1. The summed E-state index contributed by atoms with van der Waals surface area (Å²) in [5, 5.41) is 12.2. The standard InChI is InChI=1S/C19H13ClN2O3/c1-24-14-8-6-12(7-9-14)17-10-13(11-21)19(25-17)22-18(23)15-4-2-3-5-16(15)20/h2-10H,1H3,(H,22,23). The number of carbonyl (C=O) groups is 1. The van der Waals surface area contributed by atoms with E-state index in [2.05, 4.69) is 5.32 Å². The number of carbonyl (C=O) groups excluding carboxylic acids is 1. The van der Waals surface area contributed by atoms with Gasteiger partial charge in [0.05, 0.1) is 17.7 Å². The molecule has 2 aromatic carbocycles. The number of nitriles is 1. The molecule has 0 atom stereocenters. The monoisotopic (exact) mass is 352 g/mol. The van der Waals surface area contributed by atoms with Gasteiger partial charge in [-0.25, -0.2) is 0 Å². The molecule has 6 heteroatoms. The van der Waals surface area contributed by atoms with Crippen LogP contribution in [0, 0.1) is 11.3 Å². The van der Waals surface area contributed by atoms with Crippen molar-refractivity contribution in [1.29, 1.82) is 5.26 Å². The number of anilines is 1. The maximum atomic E-state index is 12.4. The van der Waals surface area contributed by atoms with E-state index in [0.717, 1.165) is 5.56 Å². The lowest BCUT2D eigenvalue weighted by molar-refractivity contribution is 0.102. The zero-order valence-corrected chi connectivity index (χ0v) is 14.0. The molecule has 0 aliphatic rings. The second kappa shape index (κ2) is 7.12. The van der Waals surface area contributed by atoms with Crippen molar-refractivity contribution in [2.75, 3.05) is 12.4 Å². The van der Waals surface area contributed by atoms with Gasteiger partial charge in [0.15, 0.2) is 0 Å². The van der Waals surface area contributed by atoms with Crippen molar-refractivity contribution in [3.05, 3.63) is 70.7 Å². The van der Waals surface area contributed by atoms with Crippen LogP contribution in [0.2, 0.25) is 5.02 Å². The average Bonchev–Trinajstić information content (AvgIpc) is 3.05. The molecule has 25 heavy (non-hydrogen) atoms. The minimum Gasteiger partial charge on any atom is -0.497 e. The van der Waals surface area contributed by atoms with E-state index in [4.69, 9.17) is 20.8 Å². The van der Waals surface area contributed by atoms with Crippen LogP contribution >= 0.6 is 11.6 Å². The Kier molecular flexibility index (Phi) is 4.73. The number of rotatable bonds is 4. The number of halogens is 1. The Morgan fingerprint density at radius 2 is 1.92 bits per heavy atom. The van der Waals surface area contributed by atoms with E-state index in [1.165, 1.54) is 0 Å². The summed E-state index contributed by atoms with van der Waals surface area (Å²) in [6.07, 6.45) is 0. The van der Waals surface area contributed by atoms with Crippen LogP contribution in [0.5, 0.6) is 5.75 Å².